The van der Waals surface area contributed by atoms with Crippen molar-refractivity contribution >= 4 is 11.9 Å². The highest BCUT2D eigenvalue weighted by atomic mass is 16.4. The molecule has 0 aromatic carbocycles. The van der Waals surface area contributed by atoms with E-state index in [1.165, 1.54) is 6.92 Å². The molecule has 1 amide bonds. The van der Waals surface area contributed by atoms with Gasteiger partial charge in [-0.15, -0.1) is 0 Å². The predicted octanol–water partition coefficient (Wildman–Crippen LogP) is -1.77. The molecule has 1 saturated heterocycles. The molecule has 0 aliphatic carbocycles. The first-order valence-corrected chi connectivity index (χ1v) is 6.06. The summed E-state index contributed by atoms with van der Waals surface area (Å²) in [7, 11) is 0. The van der Waals surface area contributed by atoms with E-state index in [9.17, 15) is 14.7 Å². The van der Waals surface area contributed by atoms with Crippen molar-refractivity contribution in [2.75, 3.05) is 32.7 Å². The van der Waals surface area contributed by atoms with Crippen molar-refractivity contribution in [3.63, 3.8) is 0 Å². The highest BCUT2D eigenvalue weighted by Gasteiger charge is 2.37. The van der Waals surface area contributed by atoms with Crippen molar-refractivity contribution in [2.24, 2.45) is 0 Å². The Kier molecular flexibility index (Phi) is 5.06. The summed E-state index contributed by atoms with van der Waals surface area (Å²) in [5, 5.41) is 24.5. The lowest BCUT2D eigenvalue weighted by atomic mass is 10.0. The number of carbonyl (C=O) groups excluding carboxylic acids is 1. The Morgan fingerprint density at radius 1 is 1.56 bits per heavy atom. The second-order valence-electron chi connectivity index (χ2n) is 4.66. The van der Waals surface area contributed by atoms with Gasteiger partial charge in [0.2, 0.25) is 5.91 Å². The Bertz CT molecular complexity index is 319. The molecule has 1 aliphatic rings. The molecule has 0 aromatic rings. The van der Waals surface area contributed by atoms with Crippen LogP contribution in [0.2, 0.25) is 0 Å². The number of carbonyl (C=O) groups is 2. The van der Waals surface area contributed by atoms with Gasteiger partial charge in [0, 0.05) is 32.7 Å². The quantitative estimate of drug-likeness (QED) is 0.466. The molecule has 4 N–H and O–H groups in total. The van der Waals surface area contributed by atoms with Gasteiger partial charge in [-0.05, 0) is 13.8 Å². The molecule has 18 heavy (non-hydrogen) atoms. The number of rotatable bonds is 5. The Labute approximate surface area is 106 Å². The minimum Gasteiger partial charge on any atom is -0.479 e. The summed E-state index contributed by atoms with van der Waals surface area (Å²) < 4.78 is 0. The largest absolute Gasteiger partial charge is 0.479 e. The zero-order valence-corrected chi connectivity index (χ0v) is 10.8. The van der Waals surface area contributed by atoms with Crippen LogP contribution in [0, 0.1) is 0 Å². The van der Waals surface area contributed by atoms with Crippen LogP contribution >= 0.6 is 0 Å². The first-order chi connectivity index (χ1) is 8.38. The Morgan fingerprint density at radius 2 is 2.22 bits per heavy atom. The highest BCUT2D eigenvalue weighted by molar-refractivity contribution is 5.82. The lowest BCUT2D eigenvalue weighted by Gasteiger charge is -2.37. The van der Waals surface area contributed by atoms with Gasteiger partial charge in [-0.3, -0.25) is 9.69 Å². The van der Waals surface area contributed by atoms with E-state index in [-0.39, 0.29) is 12.5 Å². The third kappa shape index (κ3) is 3.66. The highest BCUT2D eigenvalue weighted by Crippen LogP contribution is 2.12. The van der Waals surface area contributed by atoms with Crippen molar-refractivity contribution in [1.29, 1.82) is 0 Å². The zero-order valence-electron chi connectivity index (χ0n) is 10.8. The summed E-state index contributed by atoms with van der Waals surface area (Å²) in [6.45, 7) is 5.20. The minimum atomic E-state index is -1.85. The van der Waals surface area contributed by atoms with Gasteiger partial charge in [0.15, 0.2) is 5.60 Å². The first kappa shape index (κ1) is 14.9. The normalized spacial score (nSPS) is 24.3. The summed E-state index contributed by atoms with van der Waals surface area (Å²) >= 11 is 0. The number of aliphatic hydroxyl groups is 1. The van der Waals surface area contributed by atoms with Crippen molar-refractivity contribution in [3.05, 3.63) is 0 Å². The molecule has 1 aliphatic heterocycles. The molecule has 0 spiro atoms. The van der Waals surface area contributed by atoms with Gasteiger partial charge in [0.25, 0.3) is 0 Å². The maximum atomic E-state index is 11.8. The smallest absolute Gasteiger partial charge is 0.336 e. The van der Waals surface area contributed by atoms with Crippen LogP contribution in [-0.4, -0.2) is 71.4 Å². The van der Waals surface area contributed by atoms with E-state index in [4.69, 9.17) is 5.11 Å². The van der Waals surface area contributed by atoms with Gasteiger partial charge in [0.05, 0.1) is 0 Å². The van der Waals surface area contributed by atoms with E-state index in [1.807, 2.05) is 6.92 Å². The molecule has 7 nitrogen and oxygen atoms in total. The van der Waals surface area contributed by atoms with E-state index in [0.717, 1.165) is 0 Å². The molecule has 0 aromatic heterocycles. The second kappa shape index (κ2) is 6.12. The molecule has 0 bridgehead atoms. The number of aliphatic carboxylic acids is 1. The molecule has 2 unspecified atom stereocenters. The Balaban J connectivity index is 2.71. The standard InChI is InChI=1S/C11H21N3O4/c1-3-13-9(15)8-6-12-4-5-14(8)7-11(2,18)10(16)17/h8,12,18H,3-7H2,1-2H3,(H,13,15)(H,16,17). The zero-order chi connectivity index (χ0) is 13.8. The van der Waals surface area contributed by atoms with Crippen molar-refractivity contribution in [2.45, 2.75) is 25.5 Å². The Hall–Kier alpha value is -1.18. The topological polar surface area (TPSA) is 102 Å². The van der Waals surface area contributed by atoms with E-state index in [1.54, 1.807) is 4.90 Å². The number of carboxylic acids is 1. The SMILES string of the molecule is CCNC(=O)C1CNCCN1CC(C)(O)C(=O)O. The molecule has 1 rings (SSSR count). The molecular weight excluding hydrogens is 238 g/mol. The average molecular weight is 259 g/mol. The van der Waals surface area contributed by atoms with Crippen LogP contribution < -0.4 is 10.6 Å². The number of nitrogens with zero attached hydrogens (tertiary/aromatic N) is 1. The van der Waals surface area contributed by atoms with E-state index in [0.29, 0.717) is 26.2 Å². The fourth-order valence-corrected chi connectivity index (χ4v) is 1.95. The van der Waals surface area contributed by atoms with Crippen LogP contribution in [0.3, 0.4) is 0 Å². The van der Waals surface area contributed by atoms with Crippen LogP contribution in [0.15, 0.2) is 0 Å². The molecule has 2 atom stereocenters. The summed E-state index contributed by atoms with van der Waals surface area (Å²) in [4.78, 5) is 24.5. The maximum absolute atomic E-state index is 11.8. The maximum Gasteiger partial charge on any atom is 0.336 e. The van der Waals surface area contributed by atoms with Crippen LogP contribution in [-0.2, 0) is 9.59 Å². The molecule has 1 fully saturated rings. The molecule has 7 heteroatoms. The van der Waals surface area contributed by atoms with Crippen LogP contribution in [0.1, 0.15) is 13.8 Å². The second-order valence-corrected chi connectivity index (χ2v) is 4.66. The summed E-state index contributed by atoms with van der Waals surface area (Å²) in [6, 6.07) is -0.440. The van der Waals surface area contributed by atoms with E-state index in [2.05, 4.69) is 10.6 Å². The minimum absolute atomic E-state index is 0.0637. The number of amides is 1. The third-order valence-corrected chi connectivity index (χ3v) is 2.98. The van der Waals surface area contributed by atoms with Crippen molar-refractivity contribution in [3.8, 4) is 0 Å². The van der Waals surface area contributed by atoms with Crippen LogP contribution in [0.25, 0.3) is 0 Å². The van der Waals surface area contributed by atoms with Crippen LogP contribution in [0.5, 0.6) is 0 Å². The summed E-state index contributed by atoms with van der Waals surface area (Å²) in [5.41, 5.74) is -1.85. The van der Waals surface area contributed by atoms with Gasteiger partial charge >= 0.3 is 5.97 Å². The molecule has 1 heterocycles. The number of nitrogens with one attached hydrogen (secondary N) is 2. The lowest BCUT2D eigenvalue weighted by Crippen LogP contribution is -2.61. The third-order valence-electron chi connectivity index (χ3n) is 2.98. The number of likely N-dealkylation sites (N-methyl/N-ethyl adjacent to an activating group) is 1. The Morgan fingerprint density at radius 3 is 2.78 bits per heavy atom. The van der Waals surface area contributed by atoms with E-state index < -0.39 is 17.6 Å². The fourth-order valence-electron chi connectivity index (χ4n) is 1.95. The monoisotopic (exact) mass is 259 g/mol. The average Bonchev–Trinajstić information content (AvgIpc) is 2.29. The molecular formula is C11H21N3O4. The molecule has 0 saturated carbocycles. The summed E-state index contributed by atoms with van der Waals surface area (Å²) in [6.07, 6.45) is 0. The fraction of sp³-hybridized carbons (Fsp3) is 0.818. The van der Waals surface area contributed by atoms with E-state index >= 15 is 0 Å². The van der Waals surface area contributed by atoms with Gasteiger partial charge in [-0.2, -0.15) is 0 Å². The van der Waals surface area contributed by atoms with Gasteiger partial charge in [-0.25, -0.2) is 4.79 Å². The van der Waals surface area contributed by atoms with Crippen molar-refractivity contribution < 1.29 is 19.8 Å². The number of β-amino-alcohol motifs (C(OH)–C–C–N with tert-alkyl or cyclic N) is 1. The number of carboxylic acid groups (broad SMARTS) is 1. The molecule has 104 valence electrons. The number of hydrogen-bond acceptors (Lipinski definition) is 5. The van der Waals surface area contributed by atoms with Gasteiger partial charge in [0.1, 0.15) is 6.04 Å². The number of hydrogen-bond donors (Lipinski definition) is 4. The van der Waals surface area contributed by atoms with Crippen LogP contribution in [0.4, 0.5) is 0 Å². The number of piperazine rings is 1. The predicted molar refractivity (Wildman–Crippen MR) is 65.2 cm³/mol. The molecule has 0 radical (unpaired) electrons. The first-order valence-electron chi connectivity index (χ1n) is 6.06. The van der Waals surface area contributed by atoms with Gasteiger partial charge in [-0.1, -0.05) is 0 Å². The van der Waals surface area contributed by atoms with Crippen molar-refractivity contribution in [1.82, 2.24) is 15.5 Å². The summed E-state index contributed by atoms with van der Waals surface area (Å²) in [5.74, 6) is -1.43. The lowest BCUT2D eigenvalue weighted by molar-refractivity contribution is -0.160. The van der Waals surface area contributed by atoms with Gasteiger partial charge < -0.3 is 20.8 Å².